The minimum absolute atomic E-state index is 0.912. The number of hydrogen-bond donors (Lipinski definition) is 0. The van der Waals surface area contributed by atoms with Crippen LogP contribution in [-0.4, -0.2) is 0 Å². The fourth-order valence-electron chi connectivity index (χ4n) is 3.62. The van der Waals surface area contributed by atoms with Crippen molar-refractivity contribution < 1.29 is 0 Å². The van der Waals surface area contributed by atoms with Crippen LogP contribution < -0.4 is 0 Å². The van der Waals surface area contributed by atoms with E-state index in [1.54, 1.807) is 6.42 Å². The molecule has 1 fully saturated rings. The number of rotatable bonds is 12. The van der Waals surface area contributed by atoms with E-state index < -0.39 is 0 Å². The van der Waals surface area contributed by atoms with Gasteiger partial charge in [-0.1, -0.05) is 79.1 Å². The van der Waals surface area contributed by atoms with Crippen molar-refractivity contribution in [2.45, 2.75) is 98.3 Å². The summed E-state index contributed by atoms with van der Waals surface area (Å²) in [4.78, 5) is 0. The lowest BCUT2D eigenvalue weighted by atomic mass is 9.90. The maximum absolute atomic E-state index is 2.38. The van der Waals surface area contributed by atoms with Crippen LogP contribution in [0.2, 0.25) is 0 Å². The molecule has 0 heterocycles. The van der Waals surface area contributed by atoms with E-state index >= 15 is 0 Å². The zero-order chi connectivity index (χ0) is 14.1. The highest BCUT2D eigenvalue weighted by Gasteiger charge is 2.36. The molecular weight excluding hydrogens is 228 g/mol. The van der Waals surface area contributed by atoms with Crippen molar-refractivity contribution in [3.8, 4) is 0 Å². The molecule has 1 saturated carbocycles. The molecule has 1 rings (SSSR count). The van der Waals surface area contributed by atoms with Gasteiger partial charge in [-0.2, -0.15) is 0 Å². The molecule has 1 aliphatic rings. The largest absolute Gasteiger partial charge is 0.0654 e. The zero-order valence-electron chi connectivity index (χ0n) is 14.1. The lowest BCUT2D eigenvalue weighted by Crippen LogP contribution is -2.02. The quantitative estimate of drug-likeness (QED) is 0.339. The van der Waals surface area contributed by atoms with E-state index in [4.69, 9.17) is 0 Å². The van der Waals surface area contributed by atoms with E-state index in [2.05, 4.69) is 27.7 Å². The summed E-state index contributed by atoms with van der Waals surface area (Å²) >= 11 is 0. The van der Waals surface area contributed by atoms with Crippen LogP contribution >= 0.6 is 0 Å². The fraction of sp³-hybridized carbons (Fsp3) is 1.00. The Balaban J connectivity index is 2.13. The lowest BCUT2D eigenvalue weighted by molar-refractivity contribution is 0.365. The SMILES string of the molecule is CCCCCC(CCCC)CCC1CC1CC(C)C. The van der Waals surface area contributed by atoms with Crippen molar-refractivity contribution in [3.05, 3.63) is 0 Å². The Morgan fingerprint density at radius 3 is 2.16 bits per heavy atom. The molecule has 0 heteroatoms. The van der Waals surface area contributed by atoms with Gasteiger partial charge in [0.05, 0.1) is 0 Å². The number of hydrogen-bond acceptors (Lipinski definition) is 0. The van der Waals surface area contributed by atoms with Crippen LogP contribution in [0.1, 0.15) is 98.3 Å². The van der Waals surface area contributed by atoms with Crippen LogP contribution in [0, 0.1) is 23.7 Å². The normalized spacial score (nSPS) is 23.8. The van der Waals surface area contributed by atoms with Gasteiger partial charge >= 0.3 is 0 Å². The van der Waals surface area contributed by atoms with Crippen molar-refractivity contribution in [2.24, 2.45) is 23.7 Å². The van der Waals surface area contributed by atoms with Crippen LogP contribution in [0.15, 0.2) is 0 Å². The van der Waals surface area contributed by atoms with Gasteiger partial charge in [-0.25, -0.2) is 0 Å². The highest BCUT2D eigenvalue weighted by Crippen LogP contribution is 2.47. The summed E-state index contributed by atoms with van der Waals surface area (Å²) in [5.41, 5.74) is 0. The second-order valence-corrected chi connectivity index (χ2v) is 7.47. The van der Waals surface area contributed by atoms with Crippen molar-refractivity contribution >= 4 is 0 Å². The zero-order valence-corrected chi connectivity index (χ0v) is 14.1. The molecule has 0 aliphatic heterocycles. The van der Waals surface area contributed by atoms with Crippen LogP contribution in [0.3, 0.4) is 0 Å². The Morgan fingerprint density at radius 1 is 0.842 bits per heavy atom. The van der Waals surface area contributed by atoms with Gasteiger partial charge in [-0.05, 0) is 42.9 Å². The molecule has 3 atom stereocenters. The van der Waals surface area contributed by atoms with Crippen LogP contribution in [0.5, 0.6) is 0 Å². The molecule has 0 N–H and O–H groups in total. The molecule has 0 saturated heterocycles. The van der Waals surface area contributed by atoms with Gasteiger partial charge in [0.1, 0.15) is 0 Å². The van der Waals surface area contributed by atoms with Crippen molar-refractivity contribution in [1.82, 2.24) is 0 Å². The fourth-order valence-corrected chi connectivity index (χ4v) is 3.62. The molecule has 0 amide bonds. The minimum Gasteiger partial charge on any atom is -0.0654 e. The minimum atomic E-state index is 0.912. The molecule has 0 radical (unpaired) electrons. The smallest absolute Gasteiger partial charge is 0.0381 e. The molecule has 0 nitrogen and oxygen atoms in total. The second kappa shape index (κ2) is 9.83. The molecule has 0 bridgehead atoms. The monoisotopic (exact) mass is 266 g/mol. The van der Waals surface area contributed by atoms with Crippen LogP contribution in [0.4, 0.5) is 0 Å². The number of unbranched alkanes of at least 4 members (excludes halogenated alkanes) is 3. The maximum atomic E-state index is 2.38. The first-order valence-electron chi connectivity index (χ1n) is 9.17. The van der Waals surface area contributed by atoms with Crippen LogP contribution in [-0.2, 0) is 0 Å². The predicted octanol–water partition coefficient (Wildman–Crippen LogP) is 6.84. The van der Waals surface area contributed by atoms with E-state index in [1.165, 1.54) is 64.2 Å². The standard InChI is InChI=1S/C19H38/c1-5-7-9-11-17(10-8-6-2)12-13-18-15-19(18)14-16(3)4/h16-19H,5-15H2,1-4H3. The maximum Gasteiger partial charge on any atom is -0.0381 e. The van der Waals surface area contributed by atoms with E-state index in [1.807, 2.05) is 0 Å². The molecule has 3 unspecified atom stereocenters. The Bertz CT molecular complexity index is 206. The van der Waals surface area contributed by atoms with E-state index in [9.17, 15) is 0 Å². The predicted molar refractivity (Wildman–Crippen MR) is 87.4 cm³/mol. The summed E-state index contributed by atoms with van der Waals surface area (Å²) in [6.07, 6.45) is 16.2. The van der Waals surface area contributed by atoms with E-state index in [0.717, 1.165) is 23.7 Å². The third-order valence-electron chi connectivity index (χ3n) is 4.97. The van der Waals surface area contributed by atoms with Crippen molar-refractivity contribution in [1.29, 1.82) is 0 Å². The van der Waals surface area contributed by atoms with Gasteiger partial charge in [0.2, 0.25) is 0 Å². The second-order valence-electron chi connectivity index (χ2n) is 7.47. The summed E-state index contributed by atoms with van der Waals surface area (Å²) in [6, 6.07) is 0. The molecule has 19 heavy (non-hydrogen) atoms. The molecule has 0 spiro atoms. The Kier molecular flexibility index (Phi) is 8.83. The molecule has 1 aliphatic carbocycles. The van der Waals surface area contributed by atoms with Gasteiger partial charge in [-0.3, -0.25) is 0 Å². The molecular formula is C19H38. The first kappa shape index (κ1) is 17.1. The Hall–Kier alpha value is 0. The lowest BCUT2D eigenvalue weighted by Gasteiger charge is -2.16. The molecule has 114 valence electrons. The van der Waals surface area contributed by atoms with Crippen LogP contribution in [0.25, 0.3) is 0 Å². The van der Waals surface area contributed by atoms with Gasteiger partial charge < -0.3 is 0 Å². The third kappa shape index (κ3) is 8.00. The van der Waals surface area contributed by atoms with E-state index in [0.29, 0.717) is 0 Å². The van der Waals surface area contributed by atoms with Crippen molar-refractivity contribution in [3.63, 3.8) is 0 Å². The average molecular weight is 267 g/mol. The molecule has 0 aromatic carbocycles. The molecule has 0 aromatic heterocycles. The average Bonchev–Trinajstić information content (AvgIpc) is 3.09. The summed E-state index contributed by atoms with van der Waals surface area (Å²) in [6.45, 7) is 9.42. The highest BCUT2D eigenvalue weighted by atomic mass is 14.4. The summed E-state index contributed by atoms with van der Waals surface area (Å²) in [7, 11) is 0. The highest BCUT2D eigenvalue weighted by molar-refractivity contribution is 4.87. The van der Waals surface area contributed by atoms with Crippen molar-refractivity contribution in [2.75, 3.05) is 0 Å². The topological polar surface area (TPSA) is 0 Å². The van der Waals surface area contributed by atoms with E-state index in [-0.39, 0.29) is 0 Å². The first-order chi connectivity index (χ1) is 9.17. The Labute approximate surface area is 122 Å². The summed E-state index contributed by atoms with van der Waals surface area (Å²) in [5.74, 6) is 4.17. The molecule has 0 aromatic rings. The van der Waals surface area contributed by atoms with Gasteiger partial charge in [0.25, 0.3) is 0 Å². The summed E-state index contributed by atoms with van der Waals surface area (Å²) in [5, 5.41) is 0. The third-order valence-corrected chi connectivity index (χ3v) is 4.97. The summed E-state index contributed by atoms with van der Waals surface area (Å²) < 4.78 is 0. The van der Waals surface area contributed by atoms with Gasteiger partial charge in [0, 0.05) is 0 Å². The Morgan fingerprint density at radius 2 is 1.53 bits per heavy atom. The van der Waals surface area contributed by atoms with Gasteiger partial charge in [-0.15, -0.1) is 0 Å². The van der Waals surface area contributed by atoms with Gasteiger partial charge in [0.15, 0.2) is 0 Å². The first-order valence-corrected chi connectivity index (χ1v) is 9.17.